The third kappa shape index (κ3) is 4.64. The normalized spacial score (nSPS) is 21.4. The molecule has 0 bridgehead atoms. The Morgan fingerprint density at radius 2 is 2.00 bits per heavy atom. The summed E-state index contributed by atoms with van der Waals surface area (Å²) in [6.45, 7) is 3.94. The quantitative estimate of drug-likeness (QED) is 0.884. The van der Waals surface area contributed by atoms with E-state index in [0.717, 1.165) is 50.7 Å². The maximum atomic E-state index is 12.5. The standard InChI is InChI=1S/C19H28N2O2.ClH/c1-23-18-5-3-2-4-17(18)16-10-13-21(14-16)19(22)7-6-15-8-11-20-12-9-15;/h2-5,15-16,20H,6-14H2,1H3;1H. The van der Waals surface area contributed by atoms with Crippen LogP contribution in [-0.2, 0) is 4.79 Å². The fraction of sp³-hybridized carbons (Fsp3) is 0.632. The zero-order valence-electron chi connectivity index (χ0n) is 14.5. The van der Waals surface area contributed by atoms with Crippen LogP contribution in [0, 0.1) is 5.92 Å². The van der Waals surface area contributed by atoms with Gasteiger partial charge in [0.15, 0.2) is 0 Å². The molecule has 0 radical (unpaired) electrons. The van der Waals surface area contributed by atoms with Gasteiger partial charge in [-0.2, -0.15) is 0 Å². The van der Waals surface area contributed by atoms with Gasteiger partial charge in [0, 0.05) is 25.4 Å². The van der Waals surface area contributed by atoms with E-state index < -0.39 is 0 Å². The van der Waals surface area contributed by atoms with Crippen LogP contribution in [0.3, 0.4) is 0 Å². The van der Waals surface area contributed by atoms with Gasteiger partial charge in [-0.25, -0.2) is 0 Å². The third-order valence-corrected chi connectivity index (χ3v) is 5.34. The zero-order chi connectivity index (χ0) is 16.1. The molecule has 5 heteroatoms. The van der Waals surface area contributed by atoms with E-state index in [2.05, 4.69) is 22.3 Å². The van der Waals surface area contributed by atoms with Crippen molar-refractivity contribution in [3.8, 4) is 5.75 Å². The number of nitrogens with zero attached hydrogens (tertiary/aromatic N) is 1. The van der Waals surface area contributed by atoms with Crippen molar-refractivity contribution in [3.63, 3.8) is 0 Å². The molecule has 1 aromatic carbocycles. The van der Waals surface area contributed by atoms with Crippen LogP contribution in [0.25, 0.3) is 0 Å². The van der Waals surface area contributed by atoms with Crippen LogP contribution in [0.2, 0.25) is 0 Å². The number of nitrogens with one attached hydrogen (secondary N) is 1. The first-order valence-electron chi connectivity index (χ1n) is 8.89. The van der Waals surface area contributed by atoms with Crippen LogP contribution in [0.1, 0.15) is 43.6 Å². The minimum absolute atomic E-state index is 0. The van der Waals surface area contributed by atoms with Crippen LogP contribution in [-0.4, -0.2) is 44.1 Å². The van der Waals surface area contributed by atoms with Crippen LogP contribution < -0.4 is 10.1 Å². The lowest BCUT2D eigenvalue weighted by molar-refractivity contribution is -0.130. The number of hydrogen-bond acceptors (Lipinski definition) is 3. The smallest absolute Gasteiger partial charge is 0.222 e. The summed E-state index contributed by atoms with van der Waals surface area (Å²) in [6.07, 6.45) is 5.24. The molecule has 2 heterocycles. The lowest BCUT2D eigenvalue weighted by atomic mass is 9.93. The Balaban J connectivity index is 0.00000208. The Morgan fingerprint density at radius 3 is 2.75 bits per heavy atom. The molecule has 4 nitrogen and oxygen atoms in total. The Morgan fingerprint density at radius 1 is 1.25 bits per heavy atom. The van der Waals surface area contributed by atoms with Gasteiger partial charge in [-0.1, -0.05) is 18.2 Å². The predicted octanol–water partition coefficient (Wildman–Crippen LogP) is 3.21. The summed E-state index contributed by atoms with van der Waals surface area (Å²) in [5.41, 5.74) is 1.24. The molecular weight excluding hydrogens is 324 g/mol. The second-order valence-electron chi connectivity index (χ2n) is 6.80. The van der Waals surface area contributed by atoms with E-state index in [9.17, 15) is 4.79 Å². The summed E-state index contributed by atoms with van der Waals surface area (Å²) in [5.74, 6) is 2.42. The molecular formula is C19H29ClN2O2. The number of rotatable bonds is 5. The molecule has 3 rings (SSSR count). The van der Waals surface area contributed by atoms with Crippen LogP contribution in [0.4, 0.5) is 0 Å². The van der Waals surface area contributed by atoms with Crippen LogP contribution in [0.5, 0.6) is 5.75 Å². The largest absolute Gasteiger partial charge is 0.496 e. The van der Waals surface area contributed by atoms with Crippen LogP contribution in [0.15, 0.2) is 24.3 Å². The topological polar surface area (TPSA) is 41.6 Å². The summed E-state index contributed by atoms with van der Waals surface area (Å²) in [4.78, 5) is 14.6. The highest BCUT2D eigenvalue weighted by atomic mass is 35.5. The van der Waals surface area contributed by atoms with Crippen molar-refractivity contribution in [3.05, 3.63) is 29.8 Å². The molecule has 2 aliphatic heterocycles. The molecule has 2 fully saturated rings. The fourth-order valence-corrected chi connectivity index (χ4v) is 3.90. The lowest BCUT2D eigenvalue weighted by Gasteiger charge is -2.23. The minimum atomic E-state index is 0. The molecule has 1 unspecified atom stereocenters. The number of benzene rings is 1. The van der Waals surface area contributed by atoms with Crippen LogP contribution >= 0.6 is 12.4 Å². The van der Waals surface area contributed by atoms with Gasteiger partial charge in [-0.15, -0.1) is 12.4 Å². The number of halogens is 1. The Kier molecular flexibility index (Phi) is 7.38. The zero-order valence-corrected chi connectivity index (χ0v) is 15.3. The minimum Gasteiger partial charge on any atom is -0.496 e. The van der Waals surface area contributed by atoms with Gasteiger partial charge in [-0.05, 0) is 56.3 Å². The Bertz CT molecular complexity index is 532. The number of methoxy groups -OCH3 is 1. The number of para-hydroxylation sites is 1. The number of amides is 1. The van der Waals surface area contributed by atoms with Gasteiger partial charge in [0.1, 0.15) is 5.75 Å². The van der Waals surface area contributed by atoms with Gasteiger partial charge >= 0.3 is 0 Å². The molecule has 1 atom stereocenters. The predicted molar refractivity (Wildman–Crippen MR) is 99.0 cm³/mol. The monoisotopic (exact) mass is 352 g/mol. The lowest BCUT2D eigenvalue weighted by Crippen LogP contribution is -2.31. The molecule has 0 aliphatic carbocycles. The van der Waals surface area contributed by atoms with E-state index in [1.807, 2.05) is 12.1 Å². The van der Waals surface area contributed by atoms with E-state index in [0.29, 0.717) is 18.2 Å². The molecule has 1 amide bonds. The van der Waals surface area contributed by atoms with E-state index in [4.69, 9.17) is 4.74 Å². The average Bonchev–Trinajstić information content (AvgIpc) is 3.10. The highest BCUT2D eigenvalue weighted by Crippen LogP contribution is 2.33. The van der Waals surface area contributed by atoms with E-state index in [-0.39, 0.29) is 12.4 Å². The first kappa shape index (κ1) is 19.1. The summed E-state index contributed by atoms with van der Waals surface area (Å²) in [7, 11) is 1.72. The number of hydrogen-bond donors (Lipinski definition) is 1. The maximum Gasteiger partial charge on any atom is 0.222 e. The first-order valence-corrected chi connectivity index (χ1v) is 8.89. The van der Waals surface area contributed by atoms with Crippen molar-refractivity contribution in [2.24, 2.45) is 5.92 Å². The second kappa shape index (κ2) is 9.28. The van der Waals surface area contributed by atoms with Gasteiger partial charge < -0.3 is 15.0 Å². The highest BCUT2D eigenvalue weighted by molar-refractivity contribution is 5.85. The average molecular weight is 353 g/mol. The van der Waals surface area contributed by atoms with E-state index >= 15 is 0 Å². The summed E-state index contributed by atoms with van der Waals surface area (Å²) in [6, 6.07) is 8.20. The summed E-state index contributed by atoms with van der Waals surface area (Å²) < 4.78 is 5.47. The van der Waals surface area contributed by atoms with Crippen molar-refractivity contribution in [1.82, 2.24) is 10.2 Å². The molecule has 24 heavy (non-hydrogen) atoms. The Labute approximate surface area is 151 Å². The van der Waals surface area contributed by atoms with Gasteiger partial charge in [-0.3, -0.25) is 4.79 Å². The van der Waals surface area contributed by atoms with Crippen molar-refractivity contribution >= 4 is 18.3 Å². The number of carbonyl (C=O) groups excluding carboxylic acids is 1. The van der Waals surface area contributed by atoms with Crippen molar-refractivity contribution < 1.29 is 9.53 Å². The molecule has 0 aromatic heterocycles. The molecule has 1 aromatic rings. The molecule has 134 valence electrons. The number of carbonyl (C=O) groups is 1. The number of piperidine rings is 1. The molecule has 2 aliphatic rings. The highest BCUT2D eigenvalue weighted by Gasteiger charge is 2.29. The van der Waals surface area contributed by atoms with Gasteiger partial charge in [0.25, 0.3) is 0 Å². The third-order valence-electron chi connectivity index (χ3n) is 5.34. The Hall–Kier alpha value is -1.26. The molecule has 0 spiro atoms. The fourth-order valence-electron chi connectivity index (χ4n) is 3.90. The first-order chi connectivity index (χ1) is 11.3. The second-order valence-corrected chi connectivity index (χ2v) is 6.80. The van der Waals surface area contributed by atoms with Gasteiger partial charge in [0.05, 0.1) is 7.11 Å². The number of likely N-dealkylation sites (tertiary alicyclic amines) is 1. The molecule has 1 N–H and O–H groups in total. The summed E-state index contributed by atoms with van der Waals surface area (Å²) in [5, 5.41) is 3.39. The molecule has 0 saturated carbocycles. The maximum absolute atomic E-state index is 12.5. The van der Waals surface area contributed by atoms with Crippen molar-refractivity contribution in [2.75, 3.05) is 33.3 Å². The molecule has 2 saturated heterocycles. The number of ether oxygens (including phenoxy) is 1. The SMILES string of the molecule is COc1ccccc1C1CCN(C(=O)CCC2CCNCC2)C1.Cl. The van der Waals surface area contributed by atoms with Crippen molar-refractivity contribution in [1.29, 1.82) is 0 Å². The van der Waals surface area contributed by atoms with E-state index in [1.54, 1.807) is 7.11 Å². The van der Waals surface area contributed by atoms with Crippen molar-refractivity contribution in [2.45, 2.75) is 38.0 Å². The van der Waals surface area contributed by atoms with Gasteiger partial charge in [0.2, 0.25) is 5.91 Å². The van der Waals surface area contributed by atoms with E-state index in [1.165, 1.54) is 18.4 Å². The summed E-state index contributed by atoms with van der Waals surface area (Å²) >= 11 is 0.